The zero-order valence-corrected chi connectivity index (χ0v) is 25.6. The number of carbonyl (C=O) groups is 2. The molecule has 0 aliphatic carbocycles. The summed E-state index contributed by atoms with van der Waals surface area (Å²) >= 11 is 0. The molecule has 0 saturated heterocycles. The number of nitrogens with one attached hydrogen (secondary N) is 1. The standard InChI is InChI=1S/C32H41N3O5S/c1-7-17-33-32(37)30(8-2)34(21-26-11-13-28(40-6)14-12-26)31(36)22-35(27-19-24(4)18-25(5)20-27)41(38,39)29-15-9-23(3)10-16-29/h9-16,18-20,30H,7-8,17,21-22H2,1-6H3,(H,33,37). The van der Waals surface area contributed by atoms with Crippen molar-refractivity contribution in [3.63, 3.8) is 0 Å². The number of carbonyl (C=O) groups excluding carboxylic acids is 2. The van der Waals surface area contributed by atoms with Gasteiger partial charge >= 0.3 is 0 Å². The van der Waals surface area contributed by atoms with Crippen molar-refractivity contribution in [2.75, 3.05) is 24.5 Å². The van der Waals surface area contributed by atoms with E-state index in [2.05, 4.69) is 5.32 Å². The molecule has 0 aliphatic rings. The Morgan fingerprint density at radius 3 is 2.02 bits per heavy atom. The van der Waals surface area contributed by atoms with Gasteiger partial charge in [0.1, 0.15) is 18.3 Å². The Labute approximate surface area is 244 Å². The van der Waals surface area contributed by atoms with Gasteiger partial charge in [-0.15, -0.1) is 0 Å². The third-order valence-electron chi connectivity index (χ3n) is 6.83. The normalized spacial score (nSPS) is 12.0. The molecule has 2 amide bonds. The van der Waals surface area contributed by atoms with Gasteiger partial charge in [0.25, 0.3) is 10.0 Å². The first-order chi connectivity index (χ1) is 19.5. The van der Waals surface area contributed by atoms with Gasteiger partial charge in [-0.25, -0.2) is 8.42 Å². The van der Waals surface area contributed by atoms with E-state index in [0.717, 1.165) is 33.0 Å². The van der Waals surface area contributed by atoms with Crippen molar-refractivity contribution in [3.8, 4) is 5.75 Å². The summed E-state index contributed by atoms with van der Waals surface area (Å²) in [6, 6.07) is 18.5. The minimum atomic E-state index is -4.11. The first-order valence-electron chi connectivity index (χ1n) is 13.9. The van der Waals surface area contributed by atoms with Crippen molar-refractivity contribution in [1.82, 2.24) is 10.2 Å². The number of rotatable bonds is 13. The summed E-state index contributed by atoms with van der Waals surface area (Å²) in [6.45, 7) is 9.60. The molecule has 8 nitrogen and oxygen atoms in total. The van der Waals surface area contributed by atoms with Crippen LogP contribution in [0.15, 0.2) is 71.6 Å². The zero-order chi connectivity index (χ0) is 30.2. The van der Waals surface area contributed by atoms with E-state index in [-0.39, 0.29) is 17.3 Å². The van der Waals surface area contributed by atoms with Gasteiger partial charge in [0.15, 0.2) is 0 Å². The first kappa shape index (κ1) is 31.7. The third kappa shape index (κ3) is 8.10. The molecule has 3 aromatic rings. The number of benzene rings is 3. The van der Waals surface area contributed by atoms with Gasteiger partial charge in [-0.2, -0.15) is 0 Å². The van der Waals surface area contributed by atoms with Crippen molar-refractivity contribution in [1.29, 1.82) is 0 Å². The van der Waals surface area contributed by atoms with Crippen LogP contribution in [0.2, 0.25) is 0 Å². The number of nitrogens with zero attached hydrogens (tertiary/aromatic N) is 2. The van der Waals surface area contributed by atoms with Gasteiger partial charge < -0.3 is 15.0 Å². The molecule has 220 valence electrons. The fourth-order valence-electron chi connectivity index (χ4n) is 4.67. The fraction of sp³-hybridized carbons (Fsp3) is 0.375. The maximum absolute atomic E-state index is 14.2. The molecule has 9 heteroatoms. The topological polar surface area (TPSA) is 96.0 Å². The molecule has 1 unspecified atom stereocenters. The van der Waals surface area contributed by atoms with Crippen molar-refractivity contribution < 1.29 is 22.7 Å². The molecule has 3 aromatic carbocycles. The van der Waals surface area contributed by atoms with Crippen LogP contribution in [0.25, 0.3) is 0 Å². The Morgan fingerprint density at radius 1 is 0.878 bits per heavy atom. The molecular weight excluding hydrogens is 538 g/mol. The summed E-state index contributed by atoms with van der Waals surface area (Å²) in [5, 5.41) is 2.90. The lowest BCUT2D eigenvalue weighted by Crippen LogP contribution is -2.52. The number of hydrogen-bond acceptors (Lipinski definition) is 5. The maximum atomic E-state index is 14.2. The van der Waals surface area contributed by atoms with Gasteiger partial charge in [0.2, 0.25) is 11.8 Å². The predicted octanol–water partition coefficient (Wildman–Crippen LogP) is 5.15. The summed E-state index contributed by atoms with van der Waals surface area (Å²) in [6.07, 6.45) is 1.12. The number of sulfonamides is 1. The quantitative estimate of drug-likeness (QED) is 0.302. The molecular formula is C32H41N3O5S. The minimum absolute atomic E-state index is 0.0875. The summed E-state index contributed by atoms with van der Waals surface area (Å²) < 4.78 is 34.5. The van der Waals surface area contributed by atoms with Crippen LogP contribution in [0.4, 0.5) is 5.69 Å². The number of aryl methyl sites for hydroxylation is 3. The Balaban J connectivity index is 2.07. The van der Waals surface area contributed by atoms with Gasteiger partial charge in [-0.3, -0.25) is 13.9 Å². The lowest BCUT2D eigenvalue weighted by molar-refractivity contribution is -0.140. The van der Waals surface area contributed by atoms with Crippen molar-refractivity contribution in [2.45, 2.75) is 64.9 Å². The number of hydrogen-bond donors (Lipinski definition) is 1. The predicted molar refractivity (Wildman–Crippen MR) is 163 cm³/mol. The molecule has 1 atom stereocenters. The second-order valence-electron chi connectivity index (χ2n) is 10.3. The molecule has 0 radical (unpaired) electrons. The Hall–Kier alpha value is -3.85. The lowest BCUT2D eigenvalue weighted by atomic mass is 10.1. The highest BCUT2D eigenvalue weighted by molar-refractivity contribution is 7.92. The number of anilines is 1. The second kappa shape index (κ2) is 14.2. The zero-order valence-electron chi connectivity index (χ0n) is 24.8. The minimum Gasteiger partial charge on any atom is -0.497 e. The van der Waals surface area contributed by atoms with Gasteiger partial charge in [-0.05, 0) is 86.7 Å². The average Bonchev–Trinajstić information content (AvgIpc) is 2.94. The average molecular weight is 580 g/mol. The highest BCUT2D eigenvalue weighted by Gasteiger charge is 2.33. The van der Waals surface area contributed by atoms with Crippen LogP contribution in [0.1, 0.15) is 48.9 Å². The van der Waals surface area contributed by atoms with Gasteiger partial charge in [0.05, 0.1) is 17.7 Å². The SMILES string of the molecule is CCCNC(=O)C(CC)N(Cc1ccc(OC)cc1)C(=O)CN(c1cc(C)cc(C)c1)S(=O)(=O)c1ccc(C)cc1. The number of amides is 2. The highest BCUT2D eigenvalue weighted by Crippen LogP contribution is 2.27. The summed E-state index contributed by atoms with van der Waals surface area (Å²) in [5.41, 5.74) is 3.85. The summed E-state index contributed by atoms with van der Waals surface area (Å²) in [4.78, 5) is 28.9. The Bertz CT molecular complexity index is 1420. The van der Waals surface area contributed by atoms with Crippen molar-refractivity contribution in [3.05, 3.63) is 89.0 Å². The van der Waals surface area contributed by atoms with Crippen molar-refractivity contribution in [2.24, 2.45) is 0 Å². The smallest absolute Gasteiger partial charge is 0.264 e. The van der Waals surface area contributed by atoms with E-state index in [1.54, 1.807) is 55.6 Å². The molecule has 0 aromatic heterocycles. The maximum Gasteiger partial charge on any atom is 0.264 e. The number of methoxy groups -OCH3 is 1. The van der Waals surface area contributed by atoms with Crippen LogP contribution in [-0.4, -0.2) is 51.4 Å². The van der Waals surface area contributed by atoms with Crippen LogP contribution in [0, 0.1) is 20.8 Å². The molecule has 0 aliphatic heterocycles. The molecule has 1 N–H and O–H groups in total. The molecule has 0 fully saturated rings. The van der Waals surface area contributed by atoms with Crippen LogP contribution < -0.4 is 14.4 Å². The molecule has 0 spiro atoms. The summed E-state index contributed by atoms with van der Waals surface area (Å²) in [7, 11) is -2.54. The van der Waals surface area contributed by atoms with E-state index in [9.17, 15) is 18.0 Å². The molecule has 0 bridgehead atoms. The molecule has 3 rings (SSSR count). The molecule has 0 saturated carbocycles. The highest BCUT2D eigenvalue weighted by atomic mass is 32.2. The van der Waals surface area contributed by atoms with Crippen molar-refractivity contribution >= 4 is 27.5 Å². The Morgan fingerprint density at radius 2 is 1.49 bits per heavy atom. The van der Waals surface area contributed by atoms with Crippen LogP contribution in [-0.2, 0) is 26.2 Å². The van der Waals surface area contributed by atoms with Crippen LogP contribution >= 0.6 is 0 Å². The van der Waals surface area contributed by atoms with Gasteiger partial charge in [-0.1, -0.05) is 49.7 Å². The van der Waals surface area contributed by atoms with E-state index in [1.807, 2.05) is 52.8 Å². The fourth-order valence-corrected chi connectivity index (χ4v) is 6.07. The van der Waals surface area contributed by atoms with E-state index < -0.39 is 28.5 Å². The first-order valence-corrected chi connectivity index (χ1v) is 15.3. The van der Waals surface area contributed by atoms with E-state index >= 15 is 0 Å². The monoisotopic (exact) mass is 579 g/mol. The van der Waals surface area contributed by atoms with Crippen LogP contribution in [0.5, 0.6) is 5.75 Å². The van der Waals surface area contributed by atoms with Crippen LogP contribution in [0.3, 0.4) is 0 Å². The Kier molecular flexibility index (Phi) is 10.9. The van der Waals surface area contributed by atoms with Gasteiger partial charge in [0, 0.05) is 13.1 Å². The van der Waals surface area contributed by atoms with E-state index in [4.69, 9.17) is 4.74 Å². The number of ether oxygens (including phenoxy) is 1. The second-order valence-corrected chi connectivity index (χ2v) is 12.1. The third-order valence-corrected chi connectivity index (χ3v) is 8.62. The largest absolute Gasteiger partial charge is 0.497 e. The van der Waals surface area contributed by atoms with E-state index in [0.29, 0.717) is 24.4 Å². The molecule has 41 heavy (non-hydrogen) atoms. The molecule has 0 heterocycles. The lowest BCUT2D eigenvalue weighted by Gasteiger charge is -2.33. The van der Waals surface area contributed by atoms with E-state index in [1.165, 1.54) is 4.90 Å². The summed E-state index contributed by atoms with van der Waals surface area (Å²) in [5.74, 6) is -0.0748.